The van der Waals surface area contributed by atoms with Crippen LogP contribution in [0.5, 0.6) is 0 Å². The minimum Gasteiger partial charge on any atom is -0.465 e. The van der Waals surface area contributed by atoms with Crippen molar-refractivity contribution < 1.29 is 28.3 Å². The molecular weight excluding hydrogens is 401 g/mol. The maximum atomic E-state index is 12.6. The molecule has 126 valence electrons. The SMILES string of the molecule is CCOC(=O)C1(C(=O)OCC)CC(CI)[N+]2(CCOCC2)C1. The van der Waals surface area contributed by atoms with Crippen LogP contribution in [0.1, 0.15) is 20.3 Å². The molecule has 6 nitrogen and oxygen atoms in total. The lowest BCUT2D eigenvalue weighted by Gasteiger charge is -2.42. The Balaban J connectivity index is 2.33. The molecule has 1 spiro atoms. The number of ether oxygens (including phenoxy) is 3. The Hall–Kier alpha value is -0.410. The van der Waals surface area contributed by atoms with Gasteiger partial charge in [-0.2, -0.15) is 0 Å². The maximum Gasteiger partial charge on any atom is 0.329 e. The molecule has 0 aromatic carbocycles. The lowest BCUT2D eigenvalue weighted by atomic mass is 9.85. The first-order valence-corrected chi connectivity index (χ1v) is 9.41. The molecule has 2 saturated heterocycles. The van der Waals surface area contributed by atoms with Gasteiger partial charge < -0.3 is 18.7 Å². The highest BCUT2D eigenvalue weighted by molar-refractivity contribution is 14.1. The summed E-state index contributed by atoms with van der Waals surface area (Å²) in [6.07, 6.45) is 0.508. The van der Waals surface area contributed by atoms with Crippen LogP contribution in [-0.4, -0.2) is 73.0 Å². The van der Waals surface area contributed by atoms with Crippen LogP contribution < -0.4 is 0 Å². The highest BCUT2D eigenvalue weighted by atomic mass is 127. The van der Waals surface area contributed by atoms with Crippen LogP contribution in [0.2, 0.25) is 0 Å². The number of esters is 2. The average Bonchev–Trinajstić information content (AvgIpc) is 2.84. The van der Waals surface area contributed by atoms with E-state index in [2.05, 4.69) is 22.6 Å². The lowest BCUT2D eigenvalue weighted by molar-refractivity contribution is -0.944. The summed E-state index contributed by atoms with van der Waals surface area (Å²) < 4.78 is 17.6. The van der Waals surface area contributed by atoms with E-state index in [1.165, 1.54) is 0 Å². The normalized spacial score (nSPS) is 25.9. The number of carbonyl (C=O) groups is 2. The monoisotopic (exact) mass is 426 g/mol. The van der Waals surface area contributed by atoms with E-state index in [1.807, 2.05) is 0 Å². The van der Waals surface area contributed by atoms with Gasteiger partial charge in [0.15, 0.2) is 0 Å². The molecule has 1 unspecified atom stereocenters. The Kier molecular flexibility index (Phi) is 6.07. The van der Waals surface area contributed by atoms with Gasteiger partial charge in [-0.3, -0.25) is 9.59 Å². The second-order valence-electron chi connectivity index (χ2n) is 5.97. The molecule has 0 N–H and O–H groups in total. The van der Waals surface area contributed by atoms with Crippen molar-refractivity contribution in [2.75, 3.05) is 50.5 Å². The summed E-state index contributed by atoms with van der Waals surface area (Å²) in [5, 5.41) is 0. The number of halogens is 1. The molecule has 2 aliphatic rings. The highest BCUT2D eigenvalue weighted by Gasteiger charge is 2.64. The van der Waals surface area contributed by atoms with Gasteiger partial charge in [-0.15, -0.1) is 0 Å². The fourth-order valence-corrected chi connectivity index (χ4v) is 4.82. The molecule has 0 bridgehead atoms. The van der Waals surface area contributed by atoms with Crippen molar-refractivity contribution in [3.63, 3.8) is 0 Å². The largest absolute Gasteiger partial charge is 0.465 e. The van der Waals surface area contributed by atoms with Crippen molar-refractivity contribution in [2.45, 2.75) is 26.3 Å². The van der Waals surface area contributed by atoms with E-state index in [4.69, 9.17) is 14.2 Å². The molecule has 0 saturated carbocycles. The summed E-state index contributed by atoms with van der Waals surface area (Å²) in [6, 6.07) is 0.262. The Morgan fingerprint density at radius 2 is 1.73 bits per heavy atom. The number of alkyl halides is 1. The highest BCUT2D eigenvalue weighted by Crippen LogP contribution is 2.43. The summed E-state index contributed by atoms with van der Waals surface area (Å²) in [7, 11) is 0. The van der Waals surface area contributed by atoms with Crippen LogP contribution in [0.4, 0.5) is 0 Å². The standard InChI is InChI=1S/C15H25INO5/c1-3-21-13(18)15(14(19)22-4-2)9-12(10-16)17(11-15)5-7-20-8-6-17/h12H,3-11H2,1-2H3/q+1. The molecule has 22 heavy (non-hydrogen) atoms. The molecule has 0 radical (unpaired) electrons. The van der Waals surface area contributed by atoms with Crippen LogP contribution in [-0.2, 0) is 23.8 Å². The number of rotatable bonds is 5. The molecule has 0 aromatic heterocycles. The molecule has 2 rings (SSSR count). The Bertz CT molecular complexity index is 404. The molecule has 0 amide bonds. The van der Waals surface area contributed by atoms with E-state index in [1.54, 1.807) is 13.8 Å². The number of carbonyl (C=O) groups excluding carboxylic acids is 2. The summed E-state index contributed by atoms with van der Waals surface area (Å²) in [6.45, 7) is 7.59. The summed E-state index contributed by atoms with van der Waals surface area (Å²) in [5.74, 6) is -0.852. The molecule has 7 heteroatoms. The zero-order chi connectivity index (χ0) is 16.2. The summed E-state index contributed by atoms with van der Waals surface area (Å²) in [5.41, 5.74) is -1.15. The zero-order valence-corrected chi connectivity index (χ0v) is 15.5. The predicted octanol–water partition coefficient (Wildman–Crippen LogP) is 1.15. The predicted molar refractivity (Wildman–Crippen MR) is 88.7 cm³/mol. The third-order valence-electron chi connectivity index (χ3n) is 4.82. The molecule has 2 fully saturated rings. The van der Waals surface area contributed by atoms with Gasteiger partial charge >= 0.3 is 11.9 Å². The quantitative estimate of drug-likeness (QED) is 0.217. The Morgan fingerprint density at radius 3 is 2.18 bits per heavy atom. The van der Waals surface area contributed by atoms with Gasteiger partial charge in [-0.25, -0.2) is 0 Å². The second kappa shape index (κ2) is 7.44. The first-order chi connectivity index (χ1) is 10.5. The van der Waals surface area contributed by atoms with Crippen LogP contribution in [0.15, 0.2) is 0 Å². The third-order valence-corrected chi connectivity index (χ3v) is 5.83. The number of quaternary nitrogens is 1. The number of hydrogen-bond acceptors (Lipinski definition) is 5. The van der Waals surface area contributed by atoms with Crippen molar-refractivity contribution >= 4 is 34.5 Å². The van der Waals surface area contributed by atoms with Crippen molar-refractivity contribution in [1.82, 2.24) is 0 Å². The molecule has 2 heterocycles. The van der Waals surface area contributed by atoms with E-state index in [0.29, 0.717) is 26.2 Å². The van der Waals surface area contributed by atoms with Gasteiger partial charge in [0.05, 0.1) is 30.9 Å². The number of morpholine rings is 1. The van der Waals surface area contributed by atoms with Crippen LogP contribution in [0.3, 0.4) is 0 Å². The number of nitrogens with zero attached hydrogens (tertiary/aromatic N) is 1. The van der Waals surface area contributed by atoms with Crippen LogP contribution in [0.25, 0.3) is 0 Å². The second-order valence-corrected chi connectivity index (χ2v) is 6.85. The van der Waals surface area contributed by atoms with Crippen LogP contribution >= 0.6 is 22.6 Å². The molecule has 2 aliphatic heterocycles. The fourth-order valence-electron chi connectivity index (χ4n) is 3.68. The zero-order valence-electron chi connectivity index (χ0n) is 13.3. The molecular formula is C15H25INO5+. The average molecular weight is 426 g/mol. The third kappa shape index (κ3) is 3.12. The summed E-state index contributed by atoms with van der Waals surface area (Å²) in [4.78, 5) is 25.2. The minimum atomic E-state index is -1.15. The van der Waals surface area contributed by atoms with E-state index in [9.17, 15) is 9.59 Å². The smallest absolute Gasteiger partial charge is 0.329 e. The molecule has 1 atom stereocenters. The number of hydrogen-bond donors (Lipinski definition) is 0. The van der Waals surface area contributed by atoms with Crippen molar-refractivity contribution in [2.24, 2.45) is 5.41 Å². The van der Waals surface area contributed by atoms with Gasteiger partial charge in [-0.05, 0) is 13.8 Å². The van der Waals surface area contributed by atoms with Crippen molar-refractivity contribution in [3.8, 4) is 0 Å². The van der Waals surface area contributed by atoms with E-state index in [0.717, 1.165) is 22.0 Å². The van der Waals surface area contributed by atoms with E-state index >= 15 is 0 Å². The van der Waals surface area contributed by atoms with Gasteiger partial charge in [0.2, 0.25) is 5.41 Å². The minimum absolute atomic E-state index is 0.262. The maximum absolute atomic E-state index is 12.6. The van der Waals surface area contributed by atoms with Gasteiger partial charge in [-0.1, -0.05) is 22.6 Å². The first kappa shape index (κ1) is 17.9. The summed E-state index contributed by atoms with van der Waals surface area (Å²) >= 11 is 2.35. The van der Waals surface area contributed by atoms with E-state index in [-0.39, 0.29) is 19.3 Å². The topological polar surface area (TPSA) is 61.8 Å². The van der Waals surface area contributed by atoms with Gasteiger partial charge in [0.25, 0.3) is 0 Å². The fraction of sp³-hybridized carbons (Fsp3) is 0.867. The van der Waals surface area contributed by atoms with Gasteiger partial charge in [0.1, 0.15) is 25.7 Å². The lowest BCUT2D eigenvalue weighted by Crippen LogP contribution is -2.60. The Morgan fingerprint density at radius 1 is 1.18 bits per heavy atom. The van der Waals surface area contributed by atoms with E-state index < -0.39 is 17.4 Å². The van der Waals surface area contributed by atoms with Crippen molar-refractivity contribution in [3.05, 3.63) is 0 Å². The van der Waals surface area contributed by atoms with Crippen LogP contribution in [0, 0.1) is 5.41 Å². The molecule has 0 aliphatic carbocycles. The van der Waals surface area contributed by atoms with Crippen molar-refractivity contribution in [1.29, 1.82) is 0 Å². The van der Waals surface area contributed by atoms with Gasteiger partial charge in [0, 0.05) is 6.42 Å². The first-order valence-electron chi connectivity index (χ1n) is 7.88. The molecule has 0 aromatic rings. The Labute approximate surface area is 145 Å².